The minimum absolute atomic E-state index is 0. The monoisotopic (exact) mass is 133 g/mol. The van der Waals surface area contributed by atoms with Crippen LogP contribution in [0.1, 0.15) is 0 Å². The average Bonchev–Trinajstić information content (AvgIpc) is 0. The molecule has 0 aromatic rings. The number of hydrogen-bond acceptors (Lipinski definition) is 0. The van der Waals surface area contributed by atoms with Gasteiger partial charge in [0, 0.05) is 49.7 Å². The van der Waals surface area contributed by atoms with Gasteiger partial charge in [-0.05, 0) is 0 Å². The van der Waals surface area contributed by atoms with Gasteiger partial charge in [0.1, 0.15) is 0 Å². The van der Waals surface area contributed by atoms with Crippen molar-refractivity contribution in [3.05, 3.63) is 7.43 Å². The molecule has 23 valence electrons. The zero-order chi connectivity index (χ0) is 0. The predicted octanol–water partition coefficient (Wildman–Crippen LogP) is -0.305. The van der Waals surface area contributed by atoms with E-state index in [0.717, 1.165) is 0 Å². The Balaban J connectivity index is 0. The van der Waals surface area contributed by atoms with Gasteiger partial charge in [-0.15, -0.1) is 0 Å². The zero-order valence-electron chi connectivity index (χ0n) is 1.80. The summed E-state index contributed by atoms with van der Waals surface area (Å²) in [5.41, 5.74) is 0. The van der Waals surface area contributed by atoms with Gasteiger partial charge in [-0.25, -0.2) is 0 Å². The van der Waals surface area contributed by atoms with Crippen molar-refractivity contribution in [2.24, 2.45) is 0 Å². The van der Waals surface area contributed by atoms with Crippen LogP contribution in [-0.2, 0) is 33.9 Å². The predicted molar refractivity (Wildman–Crippen MR) is 9.00 cm³/mol. The maximum atomic E-state index is 0. The Morgan fingerprint density at radius 1 is 1.00 bits per heavy atom. The summed E-state index contributed by atoms with van der Waals surface area (Å²) in [6, 6.07) is 0. The molecule has 0 bridgehead atoms. The van der Waals surface area contributed by atoms with E-state index in [-0.39, 0.29) is 49.7 Å². The van der Waals surface area contributed by atoms with Crippen LogP contribution in [0.4, 0.5) is 0 Å². The molecule has 0 nitrogen and oxygen atoms in total. The van der Waals surface area contributed by atoms with Gasteiger partial charge in [-0.3, -0.25) is 0 Å². The fourth-order valence-corrected chi connectivity index (χ4v) is 0. The summed E-state index contributed by atoms with van der Waals surface area (Å²) in [7, 11) is 0. The molecular formula is CBCrNi. The van der Waals surface area contributed by atoms with Crippen molar-refractivity contribution in [3.8, 4) is 0 Å². The van der Waals surface area contributed by atoms with E-state index in [0.29, 0.717) is 0 Å². The molecule has 0 aromatic carbocycles. The van der Waals surface area contributed by atoms with E-state index in [2.05, 4.69) is 0 Å². The molecule has 3 heteroatoms. The number of hydrogen-bond donors (Lipinski definition) is 0. The molecule has 0 spiro atoms. The second-order valence-corrected chi connectivity index (χ2v) is 0. The molecule has 7 radical (unpaired) electrons. The van der Waals surface area contributed by atoms with Gasteiger partial charge in [0.15, 0.2) is 0 Å². The van der Waals surface area contributed by atoms with Crippen LogP contribution < -0.4 is 0 Å². The molecule has 0 fully saturated rings. The van der Waals surface area contributed by atoms with E-state index < -0.39 is 0 Å². The third kappa shape index (κ3) is 11.4. The van der Waals surface area contributed by atoms with Crippen molar-refractivity contribution in [3.63, 3.8) is 0 Å². The van der Waals surface area contributed by atoms with Gasteiger partial charge in [-0.2, -0.15) is 0 Å². The molecule has 0 saturated carbocycles. The van der Waals surface area contributed by atoms with Crippen molar-refractivity contribution in [1.29, 1.82) is 0 Å². The van der Waals surface area contributed by atoms with Crippen LogP contribution in [0.2, 0.25) is 0 Å². The molecule has 0 saturated heterocycles. The molecule has 0 rings (SSSR count). The fraction of sp³-hybridized carbons (Fsp3) is 0. The van der Waals surface area contributed by atoms with E-state index >= 15 is 0 Å². The molecule has 0 N–H and O–H groups in total. The Morgan fingerprint density at radius 3 is 1.00 bits per heavy atom. The Morgan fingerprint density at radius 2 is 1.00 bits per heavy atom. The molecule has 4 heavy (non-hydrogen) atoms. The third-order valence-corrected chi connectivity index (χ3v) is 0. The minimum Gasteiger partial charge on any atom is 0 e. The van der Waals surface area contributed by atoms with Crippen LogP contribution in [0.15, 0.2) is 0 Å². The Hall–Kier alpha value is 1.09. The normalized spacial score (nSPS) is 0. The smallest absolute Gasteiger partial charge is 0 e. The van der Waals surface area contributed by atoms with Crippen LogP contribution in [0.25, 0.3) is 0 Å². The van der Waals surface area contributed by atoms with Crippen LogP contribution in [0, 0.1) is 7.43 Å². The Bertz CT molecular complexity index is 8.00. The first-order valence-corrected chi connectivity index (χ1v) is 0. The summed E-state index contributed by atoms with van der Waals surface area (Å²) in [5.74, 6) is 0. The quantitative estimate of drug-likeness (QED) is 0.398. The van der Waals surface area contributed by atoms with Crippen LogP contribution >= 0.6 is 0 Å². The molecule has 0 aliphatic carbocycles. The Kier molecular flexibility index (Phi) is 588. The molecule has 0 aliphatic heterocycles. The van der Waals surface area contributed by atoms with Crippen molar-refractivity contribution < 1.29 is 33.9 Å². The summed E-state index contributed by atoms with van der Waals surface area (Å²) in [5, 5.41) is 0. The van der Waals surface area contributed by atoms with Gasteiger partial charge in [0.25, 0.3) is 0 Å². The molecule has 0 aromatic heterocycles. The van der Waals surface area contributed by atoms with Crippen molar-refractivity contribution in [2.75, 3.05) is 0 Å². The van der Waals surface area contributed by atoms with Gasteiger partial charge >= 0.3 is 0 Å². The van der Waals surface area contributed by atoms with Crippen molar-refractivity contribution >= 4 is 8.41 Å². The molecule has 0 aliphatic rings. The van der Waals surface area contributed by atoms with Gasteiger partial charge < -0.3 is 0 Å². The second-order valence-electron chi connectivity index (χ2n) is 0. The maximum Gasteiger partial charge on any atom is 0 e. The van der Waals surface area contributed by atoms with E-state index in [1.807, 2.05) is 0 Å². The first-order valence-electron chi connectivity index (χ1n) is 0. The van der Waals surface area contributed by atoms with Gasteiger partial charge in [-0.1, -0.05) is 0 Å². The molecule has 0 amide bonds. The minimum atomic E-state index is 0. The summed E-state index contributed by atoms with van der Waals surface area (Å²) < 4.78 is 0. The van der Waals surface area contributed by atoms with Crippen LogP contribution in [0.3, 0.4) is 0 Å². The first kappa shape index (κ1) is 71.6. The van der Waals surface area contributed by atoms with Gasteiger partial charge in [0.05, 0.1) is 0 Å². The summed E-state index contributed by atoms with van der Waals surface area (Å²) in [4.78, 5) is 0. The van der Waals surface area contributed by atoms with E-state index in [4.69, 9.17) is 0 Å². The summed E-state index contributed by atoms with van der Waals surface area (Å²) in [6.45, 7) is 0. The first-order chi connectivity index (χ1) is 0. The maximum absolute atomic E-state index is 0. The number of rotatable bonds is 0. The van der Waals surface area contributed by atoms with Crippen LogP contribution in [0.5, 0.6) is 0 Å². The molecular weight excluding hydrogens is 134 g/mol. The van der Waals surface area contributed by atoms with Crippen LogP contribution in [-0.4, -0.2) is 8.41 Å². The molecule has 0 unspecified atom stereocenters. The summed E-state index contributed by atoms with van der Waals surface area (Å²) >= 11 is 0. The standard InChI is InChI=1S/C.B.Cr.Ni. The van der Waals surface area contributed by atoms with Crippen molar-refractivity contribution in [2.45, 2.75) is 0 Å². The second kappa shape index (κ2) is 32.8. The van der Waals surface area contributed by atoms with E-state index in [1.54, 1.807) is 0 Å². The van der Waals surface area contributed by atoms with Crippen molar-refractivity contribution in [1.82, 2.24) is 0 Å². The zero-order valence-corrected chi connectivity index (χ0v) is 4.06. The van der Waals surface area contributed by atoms with E-state index in [9.17, 15) is 0 Å². The SMILES string of the molecule is [B].[C].[Cr].[Ni]. The van der Waals surface area contributed by atoms with Gasteiger partial charge in [0.2, 0.25) is 0 Å². The topological polar surface area (TPSA) is 0 Å². The van der Waals surface area contributed by atoms with E-state index in [1.165, 1.54) is 0 Å². The average molecular weight is 134 g/mol. The Labute approximate surface area is 50.0 Å². The summed E-state index contributed by atoms with van der Waals surface area (Å²) in [6.07, 6.45) is 0. The molecule has 0 heterocycles. The largest absolute Gasteiger partial charge is 0 e. The fourth-order valence-electron chi connectivity index (χ4n) is 0. The third-order valence-electron chi connectivity index (χ3n) is 0. The molecule has 0 atom stereocenters.